The molecule has 0 heterocycles. The van der Waals surface area contributed by atoms with E-state index in [2.05, 4.69) is 20.7 Å². The van der Waals surface area contributed by atoms with Crippen molar-refractivity contribution in [2.24, 2.45) is 5.73 Å². The van der Waals surface area contributed by atoms with E-state index in [1.165, 1.54) is 24.3 Å². The summed E-state index contributed by atoms with van der Waals surface area (Å²) in [6, 6.07) is 1.28. The van der Waals surface area contributed by atoms with Gasteiger partial charge in [-0.15, -0.1) is 0 Å². The molecule has 16 heteroatoms. The van der Waals surface area contributed by atoms with Gasteiger partial charge in [-0.25, -0.2) is 4.79 Å². The number of phenolic OH excluding ortho intramolecular Hbond substituents is 1. The Labute approximate surface area is 220 Å². The van der Waals surface area contributed by atoms with Crippen LogP contribution >= 0.6 is 11.8 Å². The number of thioether (sulfide) groups is 1. The van der Waals surface area contributed by atoms with Crippen LogP contribution in [0.5, 0.6) is 5.75 Å². The number of ether oxygens (including phenoxy) is 1. The molecule has 0 bridgehead atoms. The minimum Gasteiger partial charge on any atom is -0.508 e. The van der Waals surface area contributed by atoms with E-state index in [0.29, 0.717) is 0 Å². The summed E-state index contributed by atoms with van der Waals surface area (Å²) in [7, 11) is 1.08. The number of carboxylic acids is 2. The van der Waals surface area contributed by atoms with Crippen LogP contribution in [0.3, 0.4) is 0 Å². The van der Waals surface area contributed by atoms with Gasteiger partial charge >= 0.3 is 17.9 Å². The number of amides is 3. The minimum absolute atomic E-state index is 0.0880. The number of rotatable bonds is 16. The van der Waals surface area contributed by atoms with Crippen molar-refractivity contribution in [3.05, 3.63) is 29.8 Å². The zero-order chi connectivity index (χ0) is 28.8. The van der Waals surface area contributed by atoms with Crippen molar-refractivity contribution in [2.45, 2.75) is 31.0 Å². The van der Waals surface area contributed by atoms with Crippen LogP contribution in [0.2, 0.25) is 0 Å². The number of carboxylic acid groups (broad SMARTS) is 2. The summed E-state index contributed by atoms with van der Waals surface area (Å²) < 4.78 is 4.64. The average molecular weight is 557 g/mol. The number of benzene rings is 1. The van der Waals surface area contributed by atoms with E-state index < -0.39 is 71.8 Å². The summed E-state index contributed by atoms with van der Waals surface area (Å²) in [6.07, 6.45) is -0.562. The molecule has 0 fully saturated rings. The molecule has 3 amide bonds. The Morgan fingerprint density at radius 1 is 1.03 bits per heavy atom. The second kappa shape index (κ2) is 15.8. The molecule has 38 heavy (non-hydrogen) atoms. The Balaban J connectivity index is 2.77. The molecule has 15 nitrogen and oxygen atoms in total. The summed E-state index contributed by atoms with van der Waals surface area (Å²) in [6.45, 7) is -0.743. The molecule has 1 aromatic carbocycles. The predicted octanol–water partition coefficient (Wildman–Crippen LogP) is -2.10. The molecule has 0 aliphatic rings. The maximum Gasteiger partial charge on any atom is 0.333 e. The third-order valence-corrected chi connectivity index (χ3v) is 5.81. The molecule has 0 aliphatic carbocycles. The third-order valence-electron chi connectivity index (χ3n) is 4.77. The van der Waals surface area contributed by atoms with E-state index in [1.807, 2.05) is 0 Å². The van der Waals surface area contributed by atoms with Gasteiger partial charge in [-0.1, -0.05) is 12.1 Å². The Morgan fingerprint density at radius 2 is 1.66 bits per heavy atom. The first-order valence-corrected chi connectivity index (χ1v) is 12.1. The molecule has 0 aromatic heterocycles. The highest BCUT2D eigenvalue weighted by molar-refractivity contribution is 8.00. The number of hydrogen-bond acceptors (Lipinski definition) is 11. The van der Waals surface area contributed by atoms with Crippen LogP contribution in [0, 0.1) is 0 Å². The van der Waals surface area contributed by atoms with Crippen molar-refractivity contribution in [3.63, 3.8) is 0 Å². The molecule has 8 N–H and O–H groups in total. The summed E-state index contributed by atoms with van der Waals surface area (Å²) in [5.41, 5.74) is 5.58. The summed E-state index contributed by atoms with van der Waals surface area (Å²) in [5.74, 6) is -8.09. The lowest BCUT2D eigenvalue weighted by Gasteiger charge is -2.18. The number of phenols is 1. The number of nitrogens with two attached hydrogens (primary N) is 1. The van der Waals surface area contributed by atoms with E-state index in [9.17, 15) is 38.7 Å². The number of carbonyl (C=O) groups is 7. The van der Waals surface area contributed by atoms with Crippen LogP contribution in [-0.4, -0.2) is 94.0 Å². The Bertz CT molecular complexity index is 1050. The van der Waals surface area contributed by atoms with Crippen LogP contribution in [0.15, 0.2) is 24.3 Å². The number of aliphatic carboxylic acids is 2. The number of carbonyl (C=O) groups excluding carboxylic acids is 5. The minimum atomic E-state index is -1.34. The summed E-state index contributed by atoms with van der Waals surface area (Å²) >= 11 is 0.769. The van der Waals surface area contributed by atoms with Gasteiger partial charge < -0.3 is 41.7 Å². The van der Waals surface area contributed by atoms with Gasteiger partial charge in [0.05, 0.1) is 12.9 Å². The maximum absolute atomic E-state index is 12.4. The van der Waals surface area contributed by atoms with Crippen LogP contribution in [0.4, 0.5) is 0 Å². The molecule has 3 unspecified atom stereocenters. The SMILES string of the molecule is COC(=O)C(NC(=O)C(=O)CSCC(NC(=O)CCC(N)C(=O)O)C(=O)NCC(=O)O)c1ccc(O)cc1. The highest BCUT2D eigenvalue weighted by atomic mass is 32.2. The first-order valence-electron chi connectivity index (χ1n) is 10.9. The van der Waals surface area contributed by atoms with Gasteiger partial charge in [0.1, 0.15) is 24.4 Å². The Kier molecular flexibility index (Phi) is 13.3. The van der Waals surface area contributed by atoms with E-state index in [0.717, 1.165) is 18.9 Å². The van der Waals surface area contributed by atoms with Gasteiger partial charge in [-0.05, 0) is 24.1 Å². The largest absolute Gasteiger partial charge is 0.508 e. The summed E-state index contributed by atoms with van der Waals surface area (Å²) in [5, 5.41) is 33.6. The Morgan fingerprint density at radius 3 is 2.21 bits per heavy atom. The number of hydrogen-bond donors (Lipinski definition) is 7. The van der Waals surface area contributed by atoms with Crippen molar-refractivity contribution in [1.82, 2.24) is 16.0 Å². The zero-order valence-corrected chi connectivity index (χ0v) is 21.0. The standard InChI is InChI=1S/C22H28N4O11S/c1-37-22(36)18(11-2-4-12(27)5-3-11)26-20(33)15(28)10-38-9-14(19(32)24-8-17(30)31)25-16(29)7-6-13(23)21(34)35/h2-5,13-14,18,27H,6-10,23H2,1H3,(H,24,32)(H,25,29)(H,26,33)(H,30,31)(H,34,35). The molecular formula is C22H28N4O11S. The molecule has 0 spiro atoms. The number of esters is 1. The molecule has 0 aliphatic heterocycles. The van der Waals surface area contributed by atoms with Crippen LogP contribution in [-0.2, 0) is 38.3 Å². The first-order chi connectivity index (χ1) is 17.8. The van der Waals surface area contributed by atoms with Crippen molar-refractivity contribution in [2.75, 3.05) is 25.2 Å². The van der Waals surface area contributed by atoms with E-state index >= 15 is 0 Å². The number of ketones is 1. The maximum atomic E-state index is 12.4. The zero-order valence-electron chi connectivity index (χ0n) is 20.2. The van der Waals surface area contributed by atoms with Gasteiger partial charge in [0, 0.05) is 12.2 Å². The van der Waals surface area contributed by atoms with E-state index in [4.69, 9.17) is 15.9 Å². The van der Waals surface area contributed by atoms with Crippen LogP contribution in [0.25, 0.3) is 0 Å². The quantitative estimate of drug-likeness (QED) is 0.0852. The van der Waals surface area contributed by atoms with Crippen molar-refractivity contribution in [3.8, 4) is 5.75 Å². The molecule has 0 radical (unpaired) electrons. The van der Waals surface area contributed by atoms with Crippen LogP contribution in [0.1, 0.15) is 24.4 Å². The molecular weight excluding hydrogens is 528 g/mol. The van der Waals surface area contributed by atoms with Gasteiger partial charge in [0.15, 0.2) is 6.04 Å². The number of aromatic hydroxyl groups is 1. The smallest absolute Gasteiger partial charge is 0.333 e. The molecule has 3 atom stereocenters. The predicted molar refractivity (Wildman–Crippen MR) is 131 cm³/mol. The monoisotopic (exact) mass is 556 g/mol. The van der Waals surface area contributed by atoms with E-state index in [1.54, 1.807) is 0 Å². The van der Waals surface area contributed by atoms with Crippen LogP contribution < -0.4 is 21.7 Å². The average Bonchev–Trinajstić information content (AvgIpc) is 2.88. The molecule has 0 saturated carbocycles. The van der Waals surface area contributed by atoms with Crippen molar-refractivity contribution >= 4 is 53.2 Å². The summed E-state index contributed by atoms with van der Waals surface area (Å²) in [4.78, 5) is 82.8. The fourth-order valence-corrected chi connectivity index (χ4v) is 3.66. The molecule has 1 rings (SSSR count). The lowest BCUT2D eigenvalue weighted by molar-refractivity contribution is -0.146. The fourth-order valence-electron chi connectivity index (χ4n) is 2.75. The number of nitrogens with one attached hydrogen (secondary N) is 3. The van der Waals surface area contributed by atoms with Gasteiger partial charge in [-0.3, -0.25) is 28.8 Å². The normalized spacial score (nSPS) is 12.8. The molecule has 208 valence electrons. The van der Waals surface area contributed by atoms with Gasteiger partial charge in [0.25, 0.3) is 5.91 Å². The van der Waals surface area contributed by atoms with E-state index in [-0.39, 0.29) is 29.9 Å². The second-order valence-corrected chi connectivity index (χ2v) is 8.70. The third kappa shape index (κ3) is 11.3. The molecule has 1 aromatic rings. The second-order valence-electron chi connectivity index (χ2n) is 7.67. The number of Topliss-reactive ketones (excluding diaryl/α,β-unsaturated/α-hetero) is 1. The highest BCUT2D eigenvalue weighted by Crippen LogP contribution is 2.18. The highest BCUT2D eigenvalue weighted by Gasteiger charge is 2.28. The Hall–Kier alpha value is -4.18. The lowest BCUT2D eigenvalue weighted by Crippen LogP contribution is -2.49. The topological polar surface area (TPSA) is 252 Å². The van der Waals surface area contributed by atoms with Crippen molar-refractivity contribution in [1.29, 1.82) is 0 Å². The van der Waals surface area contributed by atoms with Gasteiger partial charge in [0.2, 0.25) is 17.6 Å². The number of methoxy groups -OCH3 is 1. The van der Waals surface area contributed by atoms with Crippen molar-refractivity contribution < 1.29 is 53.6 Å². The lowest BCUT2D eigenvalue weighted by atomic mass is 10.1. The van der Waals surface area contributed by atoms with Gasteiger partial charge in [-0.2, -0.15) is 11.8 Å². The first kappa shape index (κ1) is 31.8. The molecule has 0 saturated heterocycles. The fraction of sp³-hybridized carbons (Fsp3) is 0.409.